The van der Waals surface area contributed by atoms with Crippen LogP contribution in [-0.4, -0.2) is 64.7 Å². The summed E-state index contributed by atoms with van der Waals surface area (Å²) in [5, 5.41) is 5.51. The Morgan fingerprint density at radius 1 is 0.838 bits per heavy atom. The maximum atomic E-state index is 13.6. The van der Waals surface area contributed by atoms with Crippen LogP contribution in [0.25, 0.3) is 10.8 Å². The summed E-state index contributed by atoms with van der Waals surface area (Å²) in [5.74, 6) is 0.329. The number of nitrogens with zero attached hydrogens (tertiary/aromatic N) is 4. The molecule has 1 aromatic heterocycles. The van der Waals surface area contributed by atoms with Gasteiger partial charge in [0.1, 0.15) is 5.75 Å². The topological polar surface area (TPSA) is 84.7 Å². The third-order valence-electron chi connectivity index (χ3n) is 6.75. The van der Waals surface area contributed by atoms with Gasteiger partial charge >= 0.3 is 0 Å². The van der Waals surface area contributed by atoms with E-state index in [1.54, 1.807) is 53.3 Å². The number of methoxy groups -OCH3 is 1. The van der Waals surface area contributed by atoms with Crippen molar-refractivity contribution < 1.29 is 14.3 Å². The monoisotopic (exact) mass is 496 g/mol. The number of carbonyl (C=O) groups excluding carboxylic acids is 2. The molecule has 5 rings (SSSR count). The van der Waals surface area contributed by atoms with E-state index < -0.39 is 0 Å². The van der Waals surface area contributed by atoms with Gasteiger partial charge in [0.2, 0.25) is 0 Å². The second-order valence-electron chi connectivity index (χ2n) is 9.11. The van der Waals surface area contributed by atoms with Gasteiger partial charge in [0, 0.05) is 37.1 Å². The molecule has 2 amide bonds. The molecule has 0 atom stereocenters. The van der Waals surface area contributed by atoms with Crippen LogP contribution in [0.3, 0.4) is 0 Å². The normalized spacial score (nSPS) is 13.6. The third-order valence-corrected chi connectivity index (χ3v) is 6.75. The molecular weight excluding hydrogens is 468 g/mol. The first-order valence-electron chi connectivity index (χ1n) is 12.2. The Labute approximate surface area is 214 Å². The van der Waals surface area contributed by atoms with Gasteiger partial charge in [-0.1, -0.05) is 54.6 Å². The lowest BCUT2D eigenvalue weighted by atomic mass is 10.1. The number of piperazine rings is 1. The van der Waals surface area contributed by atoms with E-state index in [0.29, 0.717) is 48.3 Å². The molecule has 0 radical (unpaired) electrons. The van der Waals surface area contributed by atoms with E-state index in [-0.39, 0.29) is 29.6 Å². The molecule has 0 spiro atoms. The zero-order valence-corrected chi connectivity index (χ0v) is 20.9. The minimum atomic E-state index is -0.248. The second kappa shape index (κ2) is 10.3. The highest BCUT2D eigenvalue weighted by molar-refractivity contribution is 6.05. The third kappa shape index (κ3) is 4.82. The Hall–Kier alpha value is -4.46. The van der Waals surface area contributed by atoms with Crippen LogP contribution in [0, 0.1) is 6.92 Å². The largest absolute Gasteiger partial charge is 0.496 e. The van der Waals surface area contributed by atoms with Crippen molar-refractivity contribution in [2.24, 2.45) is 0 Å². The van der Waals surface area contributed by atoms with Gasteiger partial charge in [0.05, 0.1) is 19.0 Å². The van der Waals surface area contributed by atoms with Crippen LogP contribution in [0.1, 0.15) is 32.0 Å². The molecule has 0 N–H and O–H groups in total. The molecule has 0 unspecified atom stereocenters. The standard InChI is InChI=1S/C29H28N4O4/c1-20-12-13-22(18-25(20)37-2)27(34)31-14-16-32(17-15-31)29(36)26-23-10-6-7-11-24(23)28(35)33(30-26)19-21-8-4-3-5-9-21/h3-13,18H,14-17,19H2,1-2H3. The fourth-order valence-electron chi connectivity index (χ4n) is 4.65. The molecule has 0 aliphatic carbocycles. The van der Waals surface area contributed by atoms with Crippen LogP contribution in [0.4, 0.5) is 0 Å². The van der Waals surface area contributed by atoms with E-state index in [1.807, 2.05) is 43.3 Å². The summed E-state index contributed by atoms with van der Waals surface area (Å²) in [5.41, 5.74) is 2.45. The highest BCUT2D eigenvalue weighted by atomic mass is 16.5. The van der Waals surface area contributed by atoms with E-state index in [0.717, 1.165) is 11.1 Å². The number of carbonyl (C=O) groups is 2. The van der Waals surface area contributed by atoms with Crippen molar-refractivity contribution in [3.8, 4) is 5.75 Å². The van der Waals surface area contributed by atoms with Crippen molar-refractivity contribution in [1.82, 2.24) is 19.6 Å². The fraction of sp³-hybridized carbons (Fsp3) is 0.241. The van der Waals surface area contributed by atoms with Crippen molar-refractivity contribution >= 4 is 22.6 Å². The van der Waals surface area contributed by atoms with Crippen molar-refractivity contribution in [3.63, 3.8) is 0 Å². The Kier molecular flexibility index (Phi) is 6.72. The van der Waals surface area contributed by atoms with Crippen LogP contribution in [0.2, 0.25) is 0 Å². The number of hydrogen-bond donors (Lipinski definition) is 0. The predicted molar refractivity (Wildman–Crippen MR) is 141 cm³/mol. The maximum absolute atomic E-state index is 13.6. The molecule has 4 aromatic rings. The number of ether oxygens (including phenoxy) is 1. The first-order valence-corrected chi connectivity index (χ1v) is 12.2. The van der Waals surface area contributed by atoms with E-state index in [9.17, 15) is 14.4 Å². The second-order valence-corrected chi connectivity index (χ2v) is 9.11. The summed E-state index contributed by atoms with van der Waals surface area (Å²) in [4.78, 5) is 43.3. The van der Waals surface area contributed by atoms with Crippen LogP contribution >= 0.6 is 0 Å². The Bertz CT molecular complexity index is 1520. The van der Waals surface area contributed by atoms with Crippen molar-refractivity contribution in [1.29, 1.82) is 0 Å². The maximum Gasteiger partial charge on any atom is 0.275 e. The number of fused-ring (bicyclic) bond motifs is 1. The lowest BCUT2D eigenvalue weighted by Crippen LogP contribution is -2.51. The minimum Gasteiger partial charge on any atom is -0.496 e. The number of benzene rings is 3. The number of aromatic nitrogens is 2. The summed E-state index contributed by atoms with van der Waals surface area (Å²) in [6.07, 6.45) is 0. The molecule has 188 valence electrons. The Morgan fingerprint density at radius 3 is 2.14 bits per heavy atom. The quantitative estimate of drug-likeness (QED) is 0.423. The molecule has 1 fully saturated rings. The van der Waals surface area contributed by atoms with Crippen molar-refractivity contribution in [2.45, 2.75) is 13.5 Å². The van der Waals surface area contributed by atoms with Gasteiger partial charge in [-0.05, 0) is 36.2 Å². The molecule has 3 aromatic carbocycles. The summed E-state index contributed by atoms with van der Waals surface area (Å²) < 4.78 is 6.71. The Balaban J connectivity index is 1.37. The van der Waals surface area contributed by atoms with Gasteiger partial charge in [-0.3, -0.25) is 14.4 Å². The first-order chi connectivity index (χ1) is 18.0. The summed E-state index contributed by atoms with van der Waals surface area (Å²) in [6.45, 7) is 3.76. The fourth-order valence-corrected chi connectivity index (χ4v) is 4.65. The lowest BCUT2D eigenvalue weighted by molar-refractivity contribution is 0.0532. The average Bonchev–Trinajstić information content (AvgIpc) is 2.95. The van der Waals surface area contributed by atoms with E-state index in [2.05, 4.69) is 5.10 Å². The van der Waals surface area contributed by atoms with Crippen LogP contribution in [0.15, 0.2) is 77.6 Å². The summed E-state index contributed by atoms with van der Waals surface area (Å²) >= 11 is 0. The van der Waals surface area contributed by atoms with Gasteiger partial charge in [0.15, 0.2) is 5.69 Å². The van der Waals surface area contributed by atoms with Crippen LogP contribution < -0.4 is 10.3 Å². The van der Waals surface area contributed by atoms with Gasteiger partial charge < -0.3 is 14.5 Å². The molecule has 1 aliphatic rings. The first kappa shape index (κ1) is 24.2. The van der Waals surface area contributed by atoms with E-state index in [1.165, 1.54) is 4.68 Å². The molecular formula is C29H28N4O4. The number of amides is 2. The molecule has 2 heterocycles. The van der Waals surface area contributed by atoms with Crippen molar-refractivity contribution in [2.75, 3.05) is 33.3 Å². The zero-order chi connectivity index (χ0) is 25.9. The van der Waals surface area contributed by atoms with E-state index in [4.69, 9.17) is 4.74 Å². The van der Waals surface area contributed by atoms with Crippen LogP contribution in [-0.2, 0) is 6.54 Å². The average molecular weight is 497 g/mol. The van der Waals surface area contributed by atoms with Gasteiger partial charge in [-0.25, -0.2) is 4.68 Å². The zero-order valence-electron chi connectivity index (χ0n) is 20.9. The lowest BCUT2D eigenvalue weighted by Gasteiger charge is -2.34. The van der Waals surface area contributed by atoms with Gasteiger partial charge in [0.25, 0.3) is 17.4 Å². The molecule has 0 bridgehead atoms. The smallest absolute Gasteiger partial charge is 0.275 e. The Morgan fingerprint density at radius 2 is 1.46 bits per heavy atom. The highest BCUT2D eigenvalue weighted by Gasteiger charge is 2.28. The molecule has 37 heavy (non-hydrogen) atoms. The molecule has 8 nitrogen and oxygen atoms in total. The number of hydrogen-bond acceptors (Lipinski definition) is 5. The SMILES string of the molecule is COc1cc(C(=O)N2CCN(C(=O)c3nn(Cc4ccccc4)c(=O)c4ccccc34)CC2)ccc1C. The van der Waals surface area contributed by atoms with Crippen LogP contribution in [0.5, 0.6) is 5.75 Å². The highest BCUT2D eigenvalue weighted by Crippen LogP contribution is 2.21. The number of rotatable bonds is 5. The molecule has 1 saturated heterocycles. The number of aryl methyl sites for hydroxylation is 1. The van der Waals surface area contributed by atoms with Gasteiger partial charge in [-0.15, -0.1) is 0 Å². The summed E-state index contributed by atoms with van der Waals surface area (Å²) in [6, 6.07) is 22.0. The predicted octanol–water partition coefficient (Wildman–Crippen LogP) is 3.36. The molecule has 1 aliphatic heterocycles. The molecule has 8 heteroatoms. The van der Waals surface area contributed by atoms with E-state index >= 15 is 0 Å². The van der Waals surface area contributed by atoms with Crippen molar-refractivity contribution in [3.05, 3.63) is 106 Å². The summed E-state index contributed by atoms with van der Waals surface area (Å²) in [7, 11) is 1.58. The molecule has 0 saturated carbocycles. The van der Waals surface area contributed by atoms with Gasteiger partial charge in [-0.2, -0.15) is 5.10 Å². The minimum absolute atomic E-state index is 0.0922.